The number of aryl methyl sites for hydroxylation is 1. The zero-order valence-electron chi connectivity index (χ0n) is 17.2. The van der Waals surface area contributed by atoms with Gasteiger partial charge in [0.1, 0.15) is 10.6 Å². The number of primary amides is 1. The molecule has 0 spiro atoms. The summed E-state index contributed by atoms with van der Waals surface area (Å²) in [7, 11) is 0. The molecule has 1 unspecified atom stereocenters. The molecule has 10 heteroatoms. The molecule has 3 heterocycles. The monoisotopic (exact) mass is 440 g/mol. The Morgan fingerprint density at radius 2 is 2.06 bits per heavy atom. The highest BCUT2D eigenvalue weighted by atomic mass is 32.1. The van der Waals surface area contributed by atoms with Gasteiger partial charge in [-0.15, -0.1) is 11.3 Å². The number of likely N-dealkylation sites (N-methyl/N-ethyl adjacent to an activating group) is 1. The molecular weight excluding hydrogens is 420 g/mol. The van der Waals surface area contributed by atoms with E-state index in [1.807, 2.05) is 6.92 Å². The van der Waals surface area contributed by atoms with Gasteiger partial charge in [-0.2, -0.15) is 0 Å². The Kier molecular flexibility index (Phi) is 5.10. The van der Waals surface area contributed by atoms with Crippen molar-refractivity contribution in [2.24, 2.45) is 5.73 Å². The van der Waals surface area contributed by atoms with E-state index in [2.05, 4.69) is 4.98 Å². The zero-order valence-corrected chi connectivity index (χ0v) is 18.0. The number of nitrogens with two attached hydrogens (primary N) is 1. The van der Waals surface area contributed by atoms with Gasteiger partial charge in [-0.25, -0.2) is 4.98 Å². The molecule has 0 radical (unpaired) electrons. The lowest BCUT2D eigenvalue weighted by Gasteiger charge is -2.28. The summed E-state index contributed by atoms with van der Waals surface area (Å²) < 4.78 is 6.69. The van der Waals surface area contributed by atoms with Crippen molar-refractivity contribution in [3.8, 4) is 5.75 Å². The topological polar surface area (TPSA) is 125 Å². The van der Waals surface area contributed by atoms with Crippen LogP contribution in [0.3, 0.4) is 0 Å². The molecule has 0 saturated carbocycles. The Labute approximate surface area is 181 Å². The molecule has 160 valence electrons. The molecule has 3 aromatic rings. The summed E-state index contributed by atoms with van der Waals surface area (Å²) in [6.07, 6.45) is 1.30. The summed E-state index contributed by atoms with van der Waals surface area (Å²) in [5.74, 6) is -0.597. The maximum Gasteiger partial charge on any atom is 0.265 e. The maximum absolute atomic E-state index is 13.2. The lowest BCUT2D eigenvalue weighted by molar-refractivity contribution is -0.121. The minimum atomic E-state index is -0.853. The van der Waals surface area contributed by atoms with Crippen LogP contribution >= 0.6 is 11.3 Å². The predicted molar refractivity (Wildman–Crippen MR) is 116 cm³/mol. The van der Waals surface area contributed by atoms with Crippen LogP contribution in [0.15, 0.2) is 29.3 Å². The minimum absolute atomic E-state index is 0.0428. The lowest BCUT2D eigenvalue weighted by Crippen LogP contribution is -2.38. The van der Waals surface area contributed by atoms with E-state index in [1.54, 1.807) is 36.9 Å². The summed E-state index contributed by atoms with van der Waals surface area (Å²) in [5.41, 5.74) is 6.29. The van der Waals surface area contributed by atoms with E-state index < -0.39 is 17.5 Å². The normalized spacial score (nSPS) is 14.3. The Morgan fingerprint density at radius 1 is 1.32 bits per heavy atom. The second-order valence-electron chi connectivity index (χ2n) is 7.21. The Hall–Kier alpha value is -3.53. The van der Waals surface area contributed by atoms with Gasteiger partial charge in [0.15, 0.2) is 12.4 Å². The molecule has 1 atom stereocenters. The lowest BCUT2D eigenvalue weighted by atomic mass is 10.0. The number of hydrogen-bond acceptors (Lipinski definition) is 7. The third kappa shape index (κ3) is 3.28. The van der Waals surface area contributed by atoms with Crippen molar-refractivity contribution >= 4 is 44.8 Å². The van der Waals surface area contributed by atoms with Crippen molar-refractivity contribution in [2.75, 3.05) is 18.1 Å². The van der Waals surface area contributed by atoms with E-state index in [1.165, 1.54) is 10.9 Å². The molecule has 9 nitrogen and oxygen atoms in total. The fraction of sp³-hybridized carbons (Fsp3) is 0.286. The number of carbonyl (C=O) groups excluding carboxylic acids is 3. The number of ether oxygens (including phenoxy) is 1. The van der Waals surface area contributed by atoms with E-state index in [0.29, 0.717) is 33.9 Å². The molecule has 0 saturated heterocycles. The van der Waals surface area contributed by atoms with Gasteiger partial charge in [0.2, 0.25) is 0 Å². The minimum Gasteiger partial charge on any atom is -0.482 e. The van der Waals surface area contributed by atoms with Crippen molar-refractivity contribution in [1.29, 1.82) is 0 Å². The molecule has 1 aromatic carbocycles. The second-order valence-corrected chi connectivity index (χ2v) is 8.21. The number of hydrogen-bond donors (Lipinski definition) is 1. The van der Waals surface area contributed by atoms with Gasteiger partial charge in [0, 0.05) is 12.1 Å². The molecule has 4 rings (SSSR count). The second kappa shape index (κ2) is 7.62. The van der Waals surface area contributed by atoms with Crippen LogP contribution in [0.25, 0.3) is 10.2 Å². The van der Waals surface area contributed by atoms with Crippen LogP contribution in [0.1, 0.15) is 45.5 Å². The quantitative estimate of drug-likeness (QED) is 0.606. The molecule has 2 aromatic heterocycles. The van der Waals surface area contributed by atoms with Gasteiger partial charge in [0.25, 0.3) is 17.4 Å². The maximum atomic E-state index is 13.2. The number of thiophene rings is 1. The predicted octanol–water partition coefficient (Wildman–Crippen LogP) is 2.05. The number of anilines is 1. The summed E-state index contributed by atoms with van der Waals surface area (Å²) in [6.45, 7) is 5.49. The number of nitrogens with zero attached hydrogens (tertiary/aromatic N) is 3. The number of aromatic nitrogens is 2. The highest BCUT2D eigenvalue weighted by molar-refractivity contribution is 7.20. The summed E-state index contributed by atoms with van der Waals surface area (Å²) in [6, 6.07) is 4.01. The fourth-order valence-electron chi connectivity index (χ4n) is 3.72. The van der Waals surface area contributed by atoms with Gasteiger partial charge < -0.3 is 15.4 Å². The molecule has 2 amide bonds. The number of benzene rings is 1. The average molecular weight is 440 g/mol. The van der Waals surface area contributed by atoms with Gasteiger partial charge in [-0.1, -0.05) is 0 Å². The van der Waals surface area contributed by atoms with Crippen molar-refractivity contribution in [1.82, 2.24) is 9.55 Å². The van der Waals surface area contributed by atoms with E-state index in [9.17, 15) is 19.2 Å². The van der Waals surface area contributed by atoms with Gasteiger partial charge in [-0.05, 0) is 44.5 Å². The molecular formula is C21H20N4O5S. The van der Waals surface area contributed by atoms with Crippen LogP contribution in [0.5, 0.6) is 5.75 Å². The standard InChI is InChI=1S/C21H20N4O5S/c1-4-24-13-7-12(5-6-14(13)30-8-15(24)26)17(27)11(3)25-9-23-20-16(21(25)29)10(2)18(31-20)19(22)28/h5-7,9,11H,4,8H2,1-3H3,(H2,22,28). The van der Waals surface area contributed by atoms with E-state index in [0.717, 1.165) is 11.3 Å². The van der Waals surface area contributed by atoms with Crippen LogP contribution in [0.4, 0.5) is 5.69 Å². The Morgan fingerprint density at radius 3 is 2.74 bits per heavy atom. The van der Waals surface area contributed by atoms with Crippen LogP contribution < -0.4 is 20.9 Å². The first-order chi connectivity index (χ1) is 14.7. The number of Topliss-reactive ketones (excluding diaryl/α,β-unsaturated/α-hetero) is 1. The van der Waals surface area contributed by atoms with Crippen molar-refractivity contribution in [3.05, 3.63) is 50.9 Å². The van der Waals surface area contributed by atoms with Gasteiger partial charge in [0.05, 0.1) is 28.3 Å². The van der Waals surface area contributed by atoms with Gasteiger partial charge in [-0.3, -0.25) is 23.7 Å². The molecule has 31 heavy (non-hydrogen) atoms. The van der Waals surface area contributed by atoms with Crippen LogP contribution in [0.2, 0.25) is 0 Å². The largest absolute Gasteiger partial charge is 0.482 e. The van der Waals surface area contributed by atoms with Crippen molar-refractivity contribution in [2.45, 2.75) is 26.8 Å². The number of rotatable bonds is 5. The fourth-order valence-corrected chi connectivity index (χ4v) is 4.71. The molecule has 1 aliphatic rings. The van der Waals surface area contributed by atoms with Gasteiger partial charge >= 0.3 is 0 Å². The highest BCUT2D eigenvalue weighted by Crippen LogP contribution is 2.34. The van der Waals surface area contributed by atoms with E-state index in [-0.39, 0.29) is 28.6 Å². The van der Waals surface area contributed by atoms with E-state index >= 15 is 0 Å². The first kappa shape index (κ1) is 20.7. The number of amides is 2. The summed E-state index contributed by atoms with van der Waals surface area (Å²) in [5, 5.41) is 0.280. The molecule has 2 N–H and O–H groups in total. The number of carbonyl (C=O) groups is 3. The summed E-state index contributed by atoms with van der Waals surface area (Å²) >= 11 is 1.05. The molecule has 0 bridgehead atoms. The Balaban J connectivity index is 1.75. The van der Waals surface area contributed by atoms with Crippen LogP contribution in [0, 0.1) is 6.92 Å². The van der Waals surface area contributed by atoms with Crippen LogP contribution in [-0.2, 0) is 4.79 Å². The van der Waals surface area contributed by atoms with Crippen molar-refractivity contribution in [3.63, 3.8) is 0 Å². The first-order valence-corrected chi connectivity index (χ1v) is 10.5. The third-order valence-corrected chi connectivity index (χ3v) is 6.61. The number of ketones is 1. The smallest absolute Gasteiger partial charge is 0.265 e. The first-order valence-electron chi connectivity index (χ1n) is 9.66. The zero-order chi connectivity index (χ0) is 22.4. The molecule has 1 aliphatic heterocycles. The van der Waals surface area contributed by atoms with Crippen LogP contribution in [-0.4, -0.2) is 40.3 Å². The van der Waals surface area contributed by atoms with E-state index in [4.69, 9.17) is 10.5 Å². The Bertz CT molecular complexity index is 1310. The third-order valence-electron chi connectivity index (χ3n) is 5.40. The average Bonchev–Trinajstić information content (AvgIpc) is 3.10. The highest BCUT2D eigenvalue weighted by Gasteiger charge is 2.27. The molecule has 0 fully saturated rings. The summed E-state index contributed by atoms with van der Waals surface area (Å²) in [4.78, 5) is 56.5. The molecule has 0 aliphatic carbocycles. The van der Waals surface area contributed by atoms with Crippen molar-refractivity contribution < 1.29 is 19.1 Å². The number of fused-ring (bicyclic) bond motifs is 2. The SMILES string of the molecule is CCN1C(=O)COc2ccc(C(=O)C(C)n3cnc4sc(C(N)=O)c(C)c4c3=O)cc21.